The molecule has 0 spiro atoms. The summed E-state index contributed by atoms with van der Waals surface area (Å²) in [5.41, 5.74) is 0.326. The summed E-state index contributed by atoms with van der Waals surface area (Å²) in [4.78, 5) is 12.3. The second-order valence-electron chi connectivity index (χ2n) is 3.30. The van der Waals surface area contributed by atoms with Gasteiger partial charge in [-0.3, -0.25) is 4.79 Å². The Morgan fingerprint density at radius 1 is 1.33 bits per heavy atom. The molecule has 0 aliphatic rings. The van der Waals surface area contributed by atoms with Crippen LogP contribution in [0.1, 0.15) is 9.67 Å². The van der Waals surface area contributed by atoms with E-state index < -0.39 is 5.82 Å². The van der Waals surface area contributed by atoms with E-state index in [0.29, 0.717) is 19.4 Å². The SMILES string of the molecule is O=C(Nc1c(Cl)cc(F)cc1Br)c1ccc(Cl)s1. The molecule has 1 aromatic carbocycles. The van der Waals surface area contributed by atoms with Gasteiger partial charge in [0.05, 0.1) is 19.9 Å². The lowest BCUT2D eigenvalue weighted by atomic mass is 10.3. The van der Waals surface area contributed by atoms with E-state index in [1.165, 1.54) is 6.07 Å². The van der Waals surface area contributed by atoms with Gasteiger partial charge in [-0.25, -0.2) is 4.39 Å². The number of amides is 1. The van der Waals surface area contributed by atoms with Crippen molar-refractivity contribution < 1.29 is 9.18 Å². The molecule has 94 valence electrons. The van der Waals surface area contributed by atoms with Crippen LogP contribution in [0.25, 0.3) is 0 Å². The zero-order valence-corrected chi connectivity index (χ0v) is 12.6. The second-order valence-corrected chi connectivity index (χ2v) is 6.28. The quantitative estimate of drug-likeness (QED) is 0.774. The Morgan fingerprint density at radius 2 is 2.06 bits per heavy atom. The largest absolute Gasteiger partial charge is 0.319 e. The molecule has 1 aromatic heterocycles. The number of carbonyl (C=O) groups is 1. The molecule has 2 aromatic rings. The first kappa shape index (κ1) is 13.8. The molecule has 0 fully saturated rings. The second kappa shape index (κ2) is 5.57. The number of benzene rings is 1. The van der Waals surface area contributed by atoms with Gasteiger partial charge in [0.25, 0.3) is 5.91 Å². The molecule has 2 rings (SSSR count). The maximum Gasteiger partial charge on any atom is 0.265 e. The van der Waals surface area contributed by atoms with Crippen LogP contribution in [0.3, 0.4) is 0 Å². The summed E-state index contributed by atoms with van der Waals surface area (Å²) in [6.07, 6.45) is 0. The predicted molar refractivity (Wildman–Crippen MR) is 76.4 cm³/mol. The molecule has 0 saturated carbocycles. The van der Waals surface area contributed by atoms with Gasteiger partial charge >= 0.3 is 0 Å². The lowest BCUT2D eigenvalue weighted by Crippen LogP contribution is -2.11. The molecule has 0 saturated heterocycles. The third-order valence-corrected chi connectivity index (χ3v) is 4.20. The highest BCUT2D eigenvalue weighted by molar-refractivity contribution is 9.10. The van der Waals surface area contributed by atoms with Crippen molar-refractivity contribution in [3.05, 3.63) is 48.8 Å². The van der Waals surface area contributed by atoms with Gasteiger partial charge in [0.15, 0.2) is 0 Å². The van der Waals surface area contributed by atoms with Gasteiger partial charge in [0.1, 0.15) is 5.82 Å². The van der Waals surface area contributed by atoms with Crippen LogP contribution in [0.4, 0.5) is 10.1 Å². The van der Waals surface area contributed by atoms with Crippen LogP contribution < -0.4 is 5.32 Å². The van der Waals surface area contributed by atoms with Crippen LogP contribution in [0.15, 0.2) is 28.7 Å². The maximum atomic E-state index is 13.0. The third-order valence-electron chi connectivity index (χ3n) is 2.04. The van der Waals surface area contributed by atoms with Gasteiger partial charge < -0.3 is 5.32 Å². The summed E-state index contributed by atoms with van der Waals surface area (Å²) in [6.45, 7) is 0. The van der Waals surface area contributed by atoms with E-state index in [1.807, 2.05) is 0 Å². The van der Waals surface area contributed by atoms with E-state index >= 15 is 0 Å². The van der Waals surface area contributed by atoms with Crippen LogP contribution in [-0.4, -0.2) is 5.91 Å². The molecule has 0 aliphatic carbocycles. The number of carbonyl (C=O) groups excluding carboxylic acids is 1. The Morgan fingerprint density at radius 3 is 2.61 bits per heavy atom. The highest BCUT2D eigenvalue weighted by atomic mass is 79.9. The molecule has 7 heteroatoms. The molecule has 0 radical (unpaired) electrons. The number of rotatable bonds is 2. The number of halogens is 4. The monoisotopic (exact) mass is 367 g/mol. The smallest absolute Gasteiger partial charge is 0.265 e. The van der Waals surface area contributed by atoms with E-state index in [-0.39, 0.29) is 10.9 Å². The predicted octanol–water partition coefficient (Wildman–Crippen LogP) is 5.21. The average Bonchev–Trinajstić information content (AvgIpc) is 2.70. The van der Waals surface area contributed by atoms with E-state index in [0.717, 1.165) is 17.4 Å². The number of hydrogen-bond acceptors (Lipinski definition) is 2. The van der Waals surface area contributed by atoms with Crippen molar-refractivity contribution >= 4 is 62.1 Å². The van der Waals surface area contributed by atoms with E-state index in [1.54, 1.807) is 12.1 Å². The first-order chi connectivity index (χ1) is 8.47. The van der Waals surface area contributed by atoms with Crippen molar-refractivity contribution in [3.8, 4) is 0 Å². The first-order valence-electron chi connectivity index (χ1n) is 4.68. The van der Waals surface area contributed by atoms with Gasteiger partial charge in [0.2, 0.25) is 0 Å². The summed E-state index contributed by atoms with van der Waals surface area (Å²) in [5, 5.41) is 2.73. The number of thiophene rings is 1. The van der Waals surface area contributed by atoms with Crippen molar-refractivity contribution in [3.63, 3.8) is 0 Å². The highest BCUT2D eigenvalue weighted by Crippen LogP contribution is 2.32. The molecular formula is C11H5BrCl2FNOS. The summed E-state index contributed by atoms with van der Waals surface area (Å²) < 4.78 is 13.9. The zero-order chi connectivity index (χ0) is 13.3. The maximum absolute atomic E-state index is 13.0. The van der Waals surface area contributed by atoms with Crippen LogP contribution in [0.5, 0.6) is 0 Å². The normalized spacial score (nSPS) is 10.4. The average molecular weight is 369 g/mol. The molecule has 18 heavy (non-hydrogen) atoms. The topological polar surface area (TPSA) is 29.1 Å². The minimum Gasteiger partial charge on any atom is -0.319 e. The van der Waals surface area contributed by atoms with E-state index in [4.69, 9.17) is 23.2 Å². The molecule has 2 nitrogen and oxygen atoms in total. The van der Waals surface area contributed by atoms with E-state index in [9.17, 15) is 9.18 Å². The van der Waals surface area contributed by atoms with Gasteiger partial charge in [-0.05, 0) is 40.2 Å². The Hall–Kier alpha value is -0.620. The first-order valence-corrected chi connectivity index (χ1v) is 7.05. The summed E-state index contributed by atoms with van der Waals surface area (Å²) >= 11 is 15.9. The summed E-state index contributed by atoms with van der Waals surface area (Å²) in [7, 11) is 0. The van der Waals surface area contributed by atoms with Gasteiger partial charge in [-0.1, -0.05) is 23.2 Å². The highest BCUT2D eigenvalue weighted by Gasteiger charge is 2.14. The number of hydrogen-bond donors (Lipinski definition) is 1. The minimum absolute atomic E-state index is 0.123. The third kappa shape index (κ3) is 3.03. The summed E-state index contributed by atoms with van der Waals surface area (Å²) in [5.74, 6) is -0.829. The molecule has 1 N–H and O–H groups in total. The minimum atomic E-state index is -0.482. The van der Waals surface area contributed by atoms with E-state index in [2.05, 4.69) is 21.2 Å². The van der Waals surface area contributed by atoms with Crippen molar-refractivity contribution in [2.75, 3.05) is 5.32 Å². The fourth-order valence-electron chi connectivity index (χ4n) is 1.27. The number of anilines is 1. The fourth-order valence-corrected chi connectivity index (χ4v) is 3.11. The zero-order valence-electron chi connectivity index (χ0n) is 8.64. The van der Waals surface area contributed by atoms with Crippen LogP contribution >= 0.6 is 50.5 Å². The molecule has 0 unspecified atom stereocenters. The standard InChI is InChI=1S/C11H5BrCl2FNOS/c12-6-3-5(15)4-7(13)10(6)16-11(17)8-1-2-9(14)18-8/h1-4H,(H,16,17). The van der Waals surface area contributed by atoms with Crippen molar-refractivity contribution in [1.29, 1.82) is 0 Å². The van der Waals surface area contributed by atoms with Gasteiger partial charge in [-0.15, -0.1) is 11.3 Å². The Kier molecular flexibility index (Phi) is 4.27. The Bertz CT molecular complexity index is 594. The molecule has 0 atom stereocenters. The number of nitrogens with one attached hydrogen (secondary N) is 1. The van der Waals surface area contributed by atoms with Crippen molar-refractivity contribution in [2.45, 2.75) is 0 Å². The molecule has 0 aliphatic heterocycles. The van der Waals surface area contributed by atoms with Crippen LogP contribution in [0.2, 0.25) is 9.36 Å². The van der Waals surface area contributed by atoms with Crippen LogP contribution in [0, 0.1) is 5.82 Å². The fraction of sp³-hybridized carbons (Fsp3) is 0. The molecule has 1 heterocycles. The Balaban J connectivity index is 2.27. The Labute approximate surface area is 125 Å². The molecule has 1 amide bonds. The lowest BCUT2D eigenvalue weighted by Gasteiger charge is -2.08. The van der Waals surface area contributed by atoms with Gasteiger partial charge in [-0.2, -0.15) is 0 Å². The molecular weight excluding hydrogens is 364 g/mol. The van der Waals surface area contributed by atoms with Crippen LogP contribution in [-0.2, 0) is 0 Å². The molecule has 0 bridgehead atoms. The van der Waals surface area contributed by atoms with Gasteiger partial charge in [0, 0.05) is 4.47 Å². The summed E-state index contributed by atoms with van der Waals surface area (Å²) in [6, 6.07) is 5.59. The van der Waals surface area contributed by atoms with Crippen molar-refractivity contribution in [2.24, 2.45) is 0 Å². The lowest BCUT2D eigenvalue weighted by molar-refractivity contribution is 0.103. The van der Waals surface area contributed by atoms with Crippen molar-refractivity contribution in [1.82, 2.24) is 0 Å².